The summed E-state index contributed by atoms with van der Waals surface area (Å²) in [5, 5.41) is 3.39. The molecular weight excluding hydrogens is 254 g/mol. The molecule has 1 aromatic rings. The van der Waals surface area contributed by atoms with E-state index in [-0.39, 0.29) is 0 Å². The van der Waals surface area contributed by atoms with Gasteiger partial charge in [-0.1, -0.05) is 13.0 Å². The highest BCUT2D eigenvalue weighted by Crippen LogP contribution is 2.29. The van der Waals surface area contributed by atoms with Crippen molar-refractivity contribution >= 4 is 11.4 Å². The van der Waals surface area contributed by atoms with Crippen LogP contribution in [-0.4, -0.2) is 50.9 Å². The monoisotopic (exact) mass is 279 g/mol. The number of rotatable bonds is 7. The highest BCUT2D eigenvalue weighted by molar-refractivity contribution is 5.72. The third-order valence-corrected chi connectivity index (χ3v) is 3.37. The van der Waals surface area contributed by atoms with Crippen molar-refractivity contribution in [3.05, 3.63) is 18.2 Å². The Kier molecular flexibility index (Phi) is 5.95. The summed E-state index contributed by atoms with van der Waals surface area (Å²) in [5.41, 5.74) is 7.77. The summed E-state index contributed by atoms with van der Waals surface area (Å²) in [6, 6.07) is 5.88. The number of nitrogens with one attached hydrogen (secondary N) is 1. The van der Waals surface area contributed by atoms with Crippen LogP contribution in [-0.2, 0) is 4.74 Å². The van der Waals surface area contributed by atoms with Crippen molar-refractivity contribution in [3.8, 4) is 5.75 Å². The van der Waals surface area contributed by atoms with E-state index < -0.39 is 0 Å². The van der Waals surface area contributed by atoms with Gasteiger partial charge in [0.05, 0.1) is 31.2 Å². The first-order valence-electron chi connectivity index (χ1n) is 7.36. The molecule has 2 rings (SSSR count). The number of hydrogen-bond acceptors (Lipinski definition) is 5. The molecule has 1 saturated heterocycles. The Balaban J connectivity index is 1.82. The zero-order valence-electron chi connectivity index (χ0n) is 12.2. The second kappa shape index (κ2) is 7.97. The van der Waals surface area contributed by atoms with Crippen molar-refractivity contribution < 1.29 is 9.47 Å². The van der Waals surface area contributed by atoms with Gasteiger partial charge >= 0.3 is 0 Å². The Morgan fingerprint density at radius 3 is 2.90 bits per heavy atom. The number of anilines is 2. The molecule has 0 aromatic heterocycles. The first-order chi connectivity index (χ1) is 9.81. The van der Waals surface area contributed by atoms with E-state index >= 15 is 0 Å². The maximum atomic E-state index is 6.12. The third kappa shape index (κ3) is 4.28. The van der Waals surface area contributed by atoms with Crippen molar-refractivity contribution in [1.82, 2.24) is 4.90 Å². The van der Waals surface area contributed by atoms with Gasteiger partial charge < -0.3 is 20.5 Å². The zero-order chi connectivity index (χ0) is 14.2. The largest absolute Gasteiger partial charge is 0.491 e. The number of hydrogen-bond donors (Lipinski definition) is 2. The van der Waals surface area contributed by atoms with Crippen molar-refractivity contribution in [1.29, 1.82) is 0 Å². The smallest absolute Gasteiger partial charge is 0.144 e. The number of para-hydroxylation sites is 1. The van der Waals surface area contributed by atoms with Crippen LogP contribution in [0.15, 0.2) is 18.2 Å². The Bertz CT molecular complexity index is 406. The van der Waals surface area contributed by atoms with Crippen molar-refractivity contribution in [2.24, 2.45) is 0 Å². The van der Waals surface area contributed by atoms with Gasteiger partial charge in [-0.15, -0.1) is 0 Å². The summed E-state index contributed by atoms with van der Waals surface area (Å²) in [6.45, 7) is 8.35. The maximum Gasteiger partial charge on any atom is 0.144 e. The molecule has 5 nitrogen and oxygen atoms in total. The molecule has 0 aliphatic carbocycles. The predicted molar refractivity (Wildman–Crippen MR) is 82.4 cm³/mol. The molecular formula is C15H25N3O2. The van der Waals surface area contributed by atoms with Gasteiger partial charge in [0.1, 0.15) is 5.75 Å². The molecule has 1 aromatic carbocycles. The Morgan fingerprint density at radius 2 is 2.15 bits per heavy atom. The molecule has 20 heavy (non-hydrogen) atoms. The molecule has 0 spiro atoms. The van der Waals surface area contributed by atoms with Crippen molar-refractivity contribution in [2.45, 2.75) is 13.3 Å². The van der Waals surface area contributed by atoms with Crippen LogP contribution < -0.4 is 15.8 Å². The molecule has 1 aliphatic heterocycles. The lowest BCUT2D eigenvalue weighted by Gasteiger charge is -2.26. The fourth-order valence-corrected chi connectivity index (χ4v) is 2.21. The van der Waals surface area contributed by atoms with Gasteiger partial charge in [0, 0.05) is 26.2 Å². The van der Waals surface area contributed by atoms with Crippen molar-refractivity contribution in [3.63, 3.8) is 0 Å². The number of morpholine rings is 1. The second-order valence-electron chi connectivity index (χ2n) is 4.95. The van der Waals surface area contributed by atoms with Crippen LogP contribution in [0.25, 0.3) is 0 Å². The van der Waals surface area contributed by atoms with E-state index in [4.69, 9.17) is 15.2 Å². The molecule has 1 fully saturated rings. The predicted octanol–water partition coefficient (Wildman–Crippen LogP) is 1.80. The molecule has 0 atom stereocenters. The number of nitrogens with zero attached hydrogens (tertiary/aromatic N) is 1. The summed E-state index contributed by atoms with van der Waals surface area (Å²) in [4.78, 5) is 2.39. The van der Waals surface area contributed by atoms with E-state index in [0.717, 1.165) is 57.3 Å². The van der Waals surface area contributed by atoms with E-state index in [1.807, 2.05) is 18.2 Å². The van der Waals surface area contributed by atoms with Gasteiger partial charge in [-0.25, -0.2) is 0 Å². The van der Waals surface area contributed by atoms with E-state index in [1.54, 1.807) is 0 Å². The van der Waals surface area contributed by atoms with Crippen LogP contribution in [0.4, 0.5) is 11.4 Å². The lowest BCUT2D eigenvalue weighted by Crippen LogP contribution is -2.39. The second-order valence-corrected chi connectivity index (χ2v) is 4.95. The number of ether oxygens (including phenoxy) is 2. The van der Waals surface area contributed by atoms with Crippen LogP contribution in [0.2, 0.25) is 0 Å². The minimum atomic E-state index is 0.696. The van der Waals surface area contributed by atoms with Crippen LogP contribution in [0, 0.1) is 0 Å². The molecule has 0 saturated carbocycles. The van der Waals surface area contributed by atoms with E-state index in [1.165, 1.54) is 0 Å². The first kappa shape index (κ1) is 14.9. The standard InChI is InChI=1S/C15H25N3O2/c1-2-10-20-14-5-3-4-13(15(14)16)17-6-7-18-8-11-19-12-9-18/h3-5,17H,2,6-12,16H2,1H3. The van der Waals surface area contributed by atoms with E-state index in [9.17, 15) is 0 Å². The summed E-state index contributed by atoms with van der Waals surface area (Å²) in [7, 11) is 0. The fraction of sp³-hybridized carbons (Fsp3) is 0.600. The third-order valence-electron chi connectivity index (χ3n) is 3.37. The lowest BCUT2D eigenvalue weighted by atomic mass is 10.2. The number of nitrogens with two attached hydrogens (primary N) is 1. The highest BCUT2D eigenvalue weighted by atomic mass is 16.5. The fourth-order valence-electron chi connectivity index (χ4n) is 2.21. The lowest BCUT2D eigenvalue weighted by molar-refractivity contribution is 0.0398. The summed E-state index contributed by atoms with van der Waals surface area (Å²) >= 11 is 0. The van der Waals surface area contributed by atoms with Gasteiger partial charge in [0.2, 0.25) is 0 Å². The molecule has 1 aliphatic rings. The van der Waals surface area contributed by atoms with E-state index in [0.29, 0.717) is 12.3 Å². The van der Waals surface area contributed by atoms with Crippen molar-refractivity contribution in [2.75, 3.05) is 57.1 Å². The topological polar surface area (TPSA) is 59.8 Å². The number of nitrogen functional groups attached to an aromatic ring is 1. The van der Waals surface area contributed by atoms with Crippen LogP contribution in [0.5, 0.6) is 5.75 Å². The van der Waals surface area contributed by atoms with Gasteiger partial charge in [0.15, 0.2) is 0 Å². The van der Waals surface area contributed by atoms with Gasteiger partial charge in [0.25, 0.3) is 0 Å². The quantitative estimate of drug-likeness (QED) is 0.745. The summed E-state index contributed by atoms with van der Waals surface area (Å²) < 4.78 is 11.0. The molecule has 3 N–H and O–H groups in total. The molecule has 1 heterocycles. The van der Waals surface area contributed by atoms with Crippen LogP contribution >= 0.6 is 0 Å². The minimum absolute atomic E-state index is 0.696. The molecule has 0 unspecified atom stereocenters. The van der Waals surface area contributed by atoms with Gasteiger partial charge in [-0.2, -0.15) is 0 Å². The first-order valence-corrected chi connectivity index (χ1v) is 7.36. The molecule has 112 valence electrons. The van der Waals surface area contributed by atoms with Gasteiger partial charge in [-0.3, -0.25) is 4.90 Å². The Hall–Kier alpha value is -1.46. The SMILES string of the molecule is CCCOc1cccc(NCCN2CCOCC2)c1N. The minimum Gasteiger partial charge on any atom is -0.491 e. The molecule has 0 amide bonds. The molecule has 0 radical (unpaired) electrons. The van der Waals surface area contributed by atoms with Crippen LogP contribution in [0.3, 0.4) is 0 Å². The Labute approximate surface area is 121 Å². The molecule has 0 bridgehead atoms. The average Bonchev–Trinajstić information content (AvgIpc) is 2.49. The van der Waals surface area contributed by atoms with Gasteiger partial charge in [-0.05, 0) is 18.6 Å². The number of benzene rings is 1. The van der Waals surface area contributed by atoms with Crippen LogP contribution in [0.1, 0.15) is 13.3 Å². The Morgan fingerprint density at radius 1 is 1.35 bits per heavy atom. The maximum absolute atomic E-state index is 6.12. The van der Waals surface area contributed by atoms with E-state index in [2.05, 4.69) is 17.1 Å². The zero-order valence-corrected chi connectivity index (χ0v) is 12.2. The molecule has 5 heteroatoms. The average molecular weight is 279 g/mol. The highest BCUT2D eigenvalue weighted by Gasteiger charge is 2.10. The normalized spacial score (nSPS) is 16.1. The summed E-state index contributed by atoms with van der Waals surface area (Å²) in [6.07, 6.45) is 0.980. The summed E-state index contributed by atoms with van der Waals surface area (Å²) in [5.74, 6) is 0.767.